The summed E-state index contributed by atoms with van der Waals surface area (Å²) in [5.41, 5.74) is 1.42. The minimum absolute atomic E-state index is 0.520. The Balaban J connectivity index is 1.74. The van der Waals surface area contributed by atoms with Crippen molar-refractivity contribution >= 4 is 22.1 Å². The number of rotatable bonds is 4. The Hall–Kier alpha value is -0.190. The minimum atomic E-state index is -0.546. The van der Waals surface area contributed by atoms with E-state index in [1.165, 1.54) is 5.56 Å². The smallest absolute Gasteiger partial charge is 0.0249 e. The van der Waals surface area contributed by atoms with Crippen LogP contribution in [0.15, 0.2) is 16.8 Å². The summed E-state index contributed by atoms with van der Waals surface area (Å²) in [6.07, 6.45) is 3.24. The highest BCUT2D eigenvalue weighted by Gasteiger charge is 2.19. The number of hydrogen-bond donors (Lipinski definition) is 1. The van der Waals surface area contributed by atoms with Crippen LogP contribution in [0.4, 0.5) is 0 Å². The maximum atomic E-state index is 11.2. The molecule has 0 bridgehead atoms. The van der Waals surface area contributed by atoms with E-state index in [-0.39, 0.29) is 0 Å². The Morgan fingerprint density at radius 2 is 2.31 bits per heavy atom. The van der Waals surface area contributed by atoms with Gasteiger partial charge in [0.2, 0.25) is 0 Å². The third kappa shape index (κ3) is 3.68. The first kappa shape index (κ1) is 12.3. The lowest BCUT2D eigenvalue weighted by atomic mass is 10.1. The summed E-state index contributed by atoms with van der Waals surface area (Å²) in [4.78, 5) is 0. The molecule has 1 aliphatic rings. The molecule has 90 valence electrons. The lowest BCUT2D eigenvalue weighted by molar-refractivity contribution is 0.417. The second-order valence-corrected chi connectivity index (χ2v) is 7.00. The number of nitrogens with one attached hydrogen (secondary N) is 1. The highest BCUT2D eigenvalue weighted by Crippen LogP contribution is 2.12. The predicted octanol–water partition coefficient (Wildman–Crippen LogP) is 2.18. The van der Waals surface area contributed by atoms with Crippen LogP contribution < -0.4 is 5.32 Å². The molecule has 0 amide bonds. The summed E-state index contributed by atoms with van der Waals surface area (Å²) >= 11 is 1.76. The van der Waals surface area contributed by atoms with Crippen LogP contribution in [0.25, 0.3) is 0 Å². The van der Waals surface area contributed by atoms with E-state index in [0.717, 1.165) is 30.8 Å². The van der Waals surface area contributed by atoms with Crippen molar-refractivity contribution in [3.05, 3.63) is 22.4 Å². The number of hydrogen-bond acceptors (Lipinski definition) is 3. The first-order chi connectivity index (χ1) is 7.74. The van der Waals surface area contributed by atoms with Crippen molar-refractivity contribution in [2.75, 3.05) is 11.5 Å². The highest BCUT2D eigenvalue weighted by atomic mass is 32.2. The van der Waals surface area contributed by atoms with E-state index in [9.17, 15) is 4.21 Å². The Kier molecular flexibility index (Phi) is 4.55. The monoisotopic (exact) mass is 257 g/mol. The lowest BCUT2D eigenvalue weighted by Crippen LogP contribution is -2.41. The summed E-state index contributed by atoms with van der Waals surface area (Å²) in [5, 5.41) is 7.99. The Morgan fingerprint density at radius 1 is 1.56 bits per heavy atom. The van der Waals surface area contributed by atoms with Crippen LogP contribution in [-0.2, 0) is 17.2 Å². The molecule has 1 aliphatic heterocycles. The standard InChI is InChI=1S/C12H19NOS2/c1-10(8-11-2-5-15-9-11)13-12-3-6-16(14)7-4-12/h2,5,9-10,12-13H,3-4,6-8H2,1H3. The molecule has 1 fully saturated rings. The molecule has 0 aliphatic carbocycles. The molecule has 2 nitrogen and oxygen atoms in total. The molecule has 0 aromatic carbocycles. The Bertz CT molecular complexity index is 327. The zero-order valence-electron chi connectivity index (χ0n) is 9.65. The molecule has 1 aromatic rings. The average molecular weight is 257 g/mol. The topological polar surface area (TPSA) is 29.1 Å². The zero-order valence-corrected chi connectivity index (χ0v) is 11.3. The SMILES string of the molecule is CC(Cc1ccsc1)NC1CCS(=O)CC1. The fourth-order valence-corrected chi connectivity index (χ4v) is 4.16. The van der Waals surface area contributed by atoms with Crippen molar-refractivity contribution in [3.63, 3.8) is 0 Å². The molecule has 1 saturated heterocycles. The van der Waals surface area contributed by atoms with Gasteiger partial charge in [-0.15, -0.1) is 0 Å². The molecule has 4 heteroatoms. The van der Waals surface area contributed by atoms with Crippen molar-refractivity contribution in [1.29, 1.82) is 0 Å². The van der Waals surface area contributed by atoms with E-state index in [0.29, 0.717) is 12.1 Å². The van der Waals surface area contributed by atoms with Crippen LogP contribution >= 0.6 is 11.3 Å². The third-order valence-electron chi connectivity index (χ3n) is 3.03. The maximum Gasteiger partial charge on any atom is 0.0249 e. The molecule has 2 heterocycles. The molecule has 1 N–H and O–H groups in total. The molecule has 1 atom stereocenters. The predicted molar refractivity (Wildman–Crippen MR) is 71.5 cm³/mol. The van der Waals surface area contributed by atoms with Gasteiger partial charge < -0.3 is 5.32 Å². The van der Waals surface area contributed by atoms with Gasteiger partial charge in [-0.3, -0.25) is 4.21 Å². The summed E-state index contributed by atoms with van der Waals surface area (Å²) in [7, 11) is -0.546. The van der Waals surface area contributed by atoms with Gasteiger partial charge in [0.25, 0.3) is 0 Å². The highest BCUT2D eigenvalue weighted by molar-refractivity contribution is 7.85. The Labute approximate surface area is 104 Å². The van der Waals surface area contributed by atoms with Gasteiger partial charge in [-0.1, -0.05) is 0 Å². The summed E-state index contributed by atoms with van der Waals surface area (Å²) in [6.45, 7) is 2.24. The minimum Gasteiger partial charge on any atom is -0.311 e. The van der Waals surface area contributed by atoms with E-state index < -0.39 is 10.8 Å². The Morgan fingerprint density at radius 3 is 2.94 bits per heavy atom. The third-order valence-corrected chi connectivity index (χ3v) is 5.14. The second-order valence-electron chi connectivity index (χ2n) is 4.53. The van der Waals surface area contributed by atoms with Crippen LogP contribution in [0.2, 0.25) is 0 Å². The molecule has 1 unspecified atom stereocenters. The maximum absolute atomic E-state index is 11.2. The molecule has 0 saturated carbocycles. The van der Waals surface area contributed by atoms with Gasteiger partial charge in [0, 0.05) is 34.4 Å². The lowest BCUT2D eigenvalue weighted by Gasteiger charge is -2.26. The second kappa shape index (κ2) is 5.94. The van der Waals surface area contributed by atoms with Crippen LogP contribution in [-0.4, -0.2) is 27.8 Å². The molecular formula is C12H19NOS2. The van der Waals surface area contributed by atoms with E-state index in [4.69, 9.17) is 0 Å². The first-order valence-corrected chi connectivity index (χ1v) is 8.29. The molecule has 2 rings (SSSR count). The van der Waals surface area contributed by atoms with Crippen molar-refractivity contribution < 1.29 is 4.21 Å². The molecule has 0 radical (unpaired) electrons. The zero-order chi connectivity index (χ0) is 11.4. The molecule has 16 heavy (non-hydrogen) atoms. The molecular weight excluding hydrogens is 238 g/mol. The van der Waals surface area contributed by atoms with Crippen LogP contribution in [0, 0.1) is 0 Å². The molecule has 0 spiro atoms. The van der Waals surface area contributed by atoms with E-state index in [2.05, 4.69) is 29.1 Å². The van der Waals surface area contributed by atoms with Crippen LogP contribution in [0.5, 0.6) is 0 Å². The number of thiophene rings is 1. The van der Waals surface area contributed by atoms with Crippen molar-refractivity contribution in [3.8, 4) is 0 Å². The van der Waals surface area contributed by atoms with Crippen molar-refractivity contribution in [1.82, 2.24) is 5.32 Å². The normalized spacial score (nSPS) is 27.8. The fraction of sp³-hybridized carbons (Fsp3) is 0.667. The van der Waals surface area contributed by atoms with Gasteiger partial charge in [0.15, 0.2) is 0 Å². The van der Waals surface area contributed by atoms with Gasteiger partial charge in [0.05, 0.1) is 0 Å². The van der Waals surface area contributed by atoms with E-state index in [1.807, 2.05) is 0 Å². The average Bonchev–Trinajstić information content (AvgIpc) is 2.74. The van der Waals surface area contributed by atoms with Crippen molar-refractivity contribution in [2.45, 2.75) is 38.3 Å². The molecule has 1 aromatic heterocycles. The van der Waals surface area contributed by atoms with Crippen LogP contribution in [0.3, 0.4) is 0 Å². The summed E-state index contributed by atoms with van der Waals surface area (Å²) in [5.74, 6) is 1.76. The van der Waals surface area contributed by atoms with Gasteiger partial charge in [-0.2, -0.15) is 11.3 Å². The van der Waals surface area contributed by atoms with E-state index >= 15 is 0 Å². The van der Waals surface area contributed by atoms with Gasteiger partial charge in [-0.05, 0) is 48.6 Å². The van der Waals surface area contributed by atoms with Gasteiger partial charge in [0.1, 0.15) is 0 Å². The van der Waals surface area contributed by atoms with Crippen molar-refractivity contribution in [2.24, 2.45) is 0 Å². The van der Waals surface area contributed by atoms with Gasteiger partial charge in [-0.25, -0.2) is 0 Å². The fourth-order valence-electron chi connectivity index (χ4n) is 2.18. The van der Waals surface area contributed by atoms with Gasteiger partial charge >= 0.3 is 0 Å². The van der Waals surface area contributed by atoms with Crippen LogP contribution in [0.1, 0.15) is 25.3 Å². The first-order valence-electron chi connectivity index (χ1n) is 5.86. The quantitative estimate of drug-likeness (QED) is 0.896. The largest absolute Gasteiger partial charge is 0.311 e. The summed E-state index contributed by atoms with van der Waals surface area (Å²) < 4.78 is 11.2. The van der Waals surface area contributed by atoms with E-state index in [1.54, 1.807) is 11.3 Å². The summed E-state index contributed by atoms with van der Waals surface area (Å²) in [6, 6.07) is 3.29.